The number of rotatable bonds is 4. The summed E-state index contributed by atoms with van der Waals surface area (Å²) in [7, 11) is 1.54. The number of nitrogens with zero attached hydrogens (tertiary/aromatic N) is 2. The molecule has 0 spiro atoms. The number of fused-ring (bicyclic) bond motifs is 1. The van der Waals surface area contributed by atoms with E-state index in [1.165, 1.54) is 11.0 Å². The first kappa shape index (κ1) is 17.0. The van der Waals surface area contributed by atoms with E-state index in [2.05, 4.69) is 15.9 Å². The Morgan fingerprint density at radius 1 is 1.35 bits per heavy atom. The lowest BCUT2D eigenvalue weighted by Crippen LogP contribution is -2.32. The van der Waals surface area contributed by atoms with Crippen LogP contribution in [-0.2, 0) is 4.79 Å². The van der Waals surface area contributed by atoms with Gasteiger partial charge >= 0.3 is 0 Å². The summed E-state index contributed by atoms with van der Waals surface area (Å²) < 4.78 is 19.4. The molecule has 1 heterocycles. The second kappa shape index (κ2) is 6.05. The Morgan fingerprint density at radius 3 is 2.77 bits per heavy atom. The van der Waals surface area contributed by atoms with Gasteiger partial charge < -0.3 is 4.74 Å². The van der Waals surface area contributed by atoms with Crippen LogP contribution < -0.4 is 9.64 Å². The SMILES string of the molecule is COc1ccccc1C1[C@H]2C[C@H]2C(=O)N1c1cc(Br)c(F)cc1[N+](=O)[O-]. The molecule has 2 aromatic rings. The highest BCUT2D eigenvalue weighted by Gasteiger charge is 2.60. The standard InChI is InChI=1S/C18H14BrFN2O4/c1-26-16-5-3-2-4-9(16)17-10-6-11(10)18(23)21(17)14-7-12(19)13(20)8-15(14)22(24)25/h2-5,7-8,10-11,17H,6H2,1H3/t10-,11+,17?/m0/s1. The molecule has 0 aromatic heterocycles. The average Bonchev–Trinajstić information content (AvgIpc) is 3.36. The van der Waals surface area contributed by atoms with Crippen molar-refractivity contribution in [2.24, 2.45) is 11.8 Å². The second-order valence-electron chi connectivity index (χ2n) is 6.41. The molecule has 0 bridgehead atoms. The van der Waals surface area contributed by atoms with Crippen LogP contribution in [0, 0.1) is 27.8 Å². The molecule has 3 atom stereocenters. The number of piperidine rings is 1. The lowest BCUT2D eigenvalue weighted by atomic mass is 10.0. The molecule has 1 saturated heterocycles. The Bertz CT molecular complexity index is 935. The van der Waals surface area contributed by atoms with Gasteiger partial charge in [-0.2, -0.15) is 0 Å². The smallest absolute Gasteiger partial charge is 0.295 e. The van der Waals surface area contributed by atoms with Gasteiger partial charge in [0.15, 0.2) is 0 Å². The molecule has 2 aliphatic rings. The molecule has 26 heavy (non-hydrogen) atoms. The number of nitro groups is 1. The Kier molecular flexibility index (Phi) is 3.95. The number of hydrogen-bond acceptors (Lipinski definition) is 4. The molecule has 1 saturated carbocycles. The molecular weight excluding hydrogens is 407 g/mol. The highest BCUT2D eigenvalue weighted by molar-refractivity contribution is 9.10. The van der Waals surface area contributed by atoms with Crippen molar-refractivity contribution in [2.75, 3.05) is 12.0 Å². The fourth-order valence-corrected chi connectivity index (χ4v) is 4.10. The van der Waals surface area contributed by atoms with E-state index in [0.29, 0.717) is 5.75 Å². The first-order chi connectivity index (χ1) is 12.4. The zero-order valence-corrected chi connectivity index (χ0v) is 15.3. The molecule has 8 heteroatoms. The second-order valence-corrected chi connectivity index (χ2v) is 7.27. The van der Waals surface area contributed by atoms with Crippen molar-refractivity contribution >= 4 is 33.2 Å². The third-order valence-electron chi connectivity index (χ3n) is 5.01. The maximum Gasteiger partial charge on any atom is 0.295 e. The normalized spacial score (nSPS) is 23.7. The van der Waals surface area contributed by atoms with Gasteiger partial charge in [0.2, 0.25) is 5.91 Å². The molecule has 134 valence electrons. The van der Waals surface area contributed by atoms with Crippen LogP contribution in [0.1, 0.15) is 18.0 Å². The number of carbonyl (C=O) groups is 1. The highest BCUT2D eigenvalue weighted by Crippen LogP contribution is 2.60. The number of halogens is 2. The van der Waals surface area contributed by atoms with E-state index < -0.39 is 16.4 Å². The van der Waals surface area contributed by atoms with Crippen molar-refractivity contribution in [3.05, 3.63) is 62.4 Å². The van der Waals surface area contributed by atoms with Crippen LogP contribution in [0.5, 0.6) is 5.75 Å². The molecule has 2 aromatic carbocycles. The van der Waals surface area contributed by atoms with Gasteiger partial charge in [0, 0.05) is 11.5 Å². The van der Waals surface area contributed by atoms with Crippen molar-refractivity contribution in [1.29, 1.82) is 0 Å². The van der Waals surface area contributed by atoms with Gasteiger partial charge in [-0.3, -0.25) is 19.8 Å². The number of nitro benzene ring substituents is 1. The Labute approximate surface area is 156 Å². The fraction of sp³-hybridized carbons (Fsp3) is 0.278. The van der Waals surface area contributed by atoms with Crippen LogP contribution in [0.4, 0.5) is 15.8 Å². The molecule has 6 nitrogen and oxygen atoms in total. The number of amides is 1. The lowest BCUT2D eigenvalue weighted by molar-refractivity contribution is -0.384. The van der Waals surface area contributed by atoms with Crippen LogP contribution in [-0.4, -0.2) is 17.9 Å². The third-order valence-corrected chi connectivity index (χ3v) is 5.62. The van der Waals surface area contributed by atoms with E-state index in [9.17, 15) is 19.3 Å². The number of carbonyl (C=O) groups excluding carboxylic acids is 1. The maximum absolute atomic E-state index is 13.9. The van der Waals surface area contributed by atoms with Gasteiger partial charge in [-0.1, -0.05) is 18.2 Å². The number of anilines is 1. The first-order valence-corrected chi connectivity index (χ1v) is 8.82. The summed E-state index contributed by atoms with van der Waals surface area (Å²) in [5.74, 6) is -0.388. The van der Waals surface area contributed by atoms with Crippen LogP contribution >= 0.6 is 15.9 Å². The predicted octanol–water partition coefficient (Wildman–Crippen LogP) is 4.23. The fourth-order valence-electron chi connectivity index (χ4n) is 3.77. The summed E-state index contributed by atoms with van der Waals surface area (Å²) in [5.41, 5.74) is 0.458. The van der Waals surface area contributed by atoms with Gasteiger partial charge in [-0.15, -0.1) is 0 Å². The minimum absolute atomic E-state index is 0.0715. The summed E-state index contributed by atoms with van der Waals surface area (Å²) in [6.45, 7) is 0. The zero-order valence-electron chi connectivity index (χ0n) is 13.7. The summed E-state index contributed by atoms with van der Waals surface area (Å²) in [6, 6.07) is 9.09. The quantitative estimate of drug-likeness (QED) is 0.547. The summed E-state index contributed by atoms with van der Waals surface area (Å²) in [5, 5.41) is 11.5. The van der Waals surface area contributed by atoms with Crippen molar-refractivity contribution in [2.45, 2.75) is 12.5 Å². The first-order valence-electron chi connectivity index (χ1n) is 8.03. The van der Waals surface area contributed by atoms with E-state index in [0.717, 1.165) is 18.1 Å². The summed E-state index contributed by atoms with van der Waals surface area (Å²) in [6.07, 6.45) is 0.744. The lowest BCUT2D eigenvalue weighted by Gasteiger charge is -2.29. The van der Waals surface area contributed by atoms with Gasteiger partial charge in [0.1, 0.15) is 17.3 Å². The van der Waals surface area contributed by atoms with E-state index in [1.807, 2.05) is 18.2 Å². The van der Waals surface area contributed by atoms with E-state index in [-0.39, 0.29) is 33.9 Å². The van der Waals surface area contributed by atoms with Crippen molar-refractivity contribution in [1.82, 2.24) is 0 Å². The van der Waals surface area contributed by atoms with Crippen molar-refractivity contribution in [3.8, 4) is 5.75 Å². The molecule has 1 amide bonds. The minimum atomic E-state index is -0.744. The minimum Gasteiger partial charge on any atom is -0.496 e. The molecule has 1 aliphatic heterocycles. The molecule has 0 N–H and O–H groups in total. The van der Waals surface area contributed by atoms with Crippen molar-refractivity contribution < 1.29 is 18.8 Å². The van der Waals surface area contributed by atoms with Crippen LogP contribution in [0.15, 0.2) is 40.9 Å². The number of hydrogen-bond donors (Lipinski definition) is 0. The zero-order chi connectivity index (χ0) is 18.6. The van der Waals surface area contributed by atoms with Gasteiger partial charge in [-0.25, -0.2) is 4.39 Å². The predicted molar refractivity (Wildman–Crippen MR) is 95.6 cm³/mol. The summed E-state index contributed by atoms with van der Waals surface area (Å²) >= 11 is 3.07. The molecule has 1 unspecified atom stereocenters. The Hall–Kier alpha value is -2.48. The number of ether oxygens (including phenoxy) is 1. The van der Waals surface area contributed by atoms with Crippen LogP contribution in [0.3, 0.4) is 0 Å². The molecule has 0 radical (unpaired) electrons. The van der Waals surface area contributed by atoms with Gasteiger partial charge in [-0.05, 0) is 40.4 Å². The van der Waals surface area contributed by atoms with Gasteiger partial charge in [0.05, 0.1) is 28.6 Å². The third kappa shape index (κ3) is 2.47. The monoisotopic (exact) mass is 420 g/mol. The highest BCUT2D eigenvalue weighted by atomic mass is 79.9. The topological polar surface area (TPSA) is 72.7 Å². The number of para-hydroxylation sites is 1. The van der Waals surface area contributed by atoms with Crippen LogP contribution in [0.25, 0.3) is 0 Å². The molecule has 1 aliphatic carbocycles. The molecule has 4 rings (SSSR count). The van der Waals surface area contributed by atoms with E-state index >= 15 is 0 Å². The van der Waals surface area contributed by atoms with Gasteiger partial charge in [0.25, 0.3) is 5.69 Å². The van der Waals surface area contributed by atoms with Crippen molar-refractivity contribution in [3.63, 3.8) is 0 Å². The Balaban J connectivity index is 1.89. The largest absolute Gasteiger partial charge is 0.496 e. The average molecular weight is 421 g/mol. The van der Waals surface area contributed by atoms with E-state index in [1.54, 1.807) is 13.2 Å². The maximum atomic E-state index is 13.9. The number of methoxy groups -OCH3 is 1. The summed E-state index contributed by atoms with van der Waals surface area (Å²) in [4.78, 5) is 25.1. The Morgan fingerprint density at radius 2 is 2.08 bits per heavy atom. The van der Waals surface area contributed by atoms with Crippen LogP contribution in [0.2, 0.25) is 0 Å². The molecular formula is C18H14BrFN2O4. The number of benzene rings is 2. The molecule has 2 fully saturated rings. The van der Waals surface area contributed by atoms with E-state index in [4.69, 9.17) is 4.74 Å².